The molecule has 0 saturated heterocycles. The molecule has 0 radical (unpaired) electrons. The van der Waals surface area contributed by atoms with Gasteiger partial charge in [-0.2, -0.15) is 0 Å². The summed E-state index contributed by atoms with van der Waals surface area (Å²) in [5.41, 5.74) is 0. The van der Waals surface area contributed by atoms with Crippen LogP contribution in [0, 0.1) is 0 Å². The average molecular weight is 180 g/mol. The van der Waals surface area contributed by atoms with Crippen molar-refractivity contribution in [2.24, 2.45) is 0 Å². The minimum Gasteiger partial charge on any atom is -0.381 e. The van der Waals surface area contributed by atoms with Crippen molar-refractivity contribution in [3.05, 3.63) is 0 Å². The van der Waals surface area contributed by atoms with E-state index in [2.05, 4.69) is 6.92 Å². The molecule has 0 aromatic carbocycles. The highest BCUT2D eigenvalue weighted by Crippen LogP contribution is 2.20. The molecule has 0 heterocycles. The van der Waals surface area contributed by atoms with E-state index < -0.39 is 0 Å². The predicted molar refractivity (Wildman–Crippen MR) is 51.7 cm³/mol. The maximum absolute atomic E-state index is 5.18. The molecule has 0 aliphatic carbocycles. The minimum atomic E-state index is 0.846. The van der Waals surface area contributed by atoms with Crippen molar-refractivity contribution >= 4 is 21.6 Å². The van der Waals surface area contributed by atoms with Crippen LogP contribution < -0.4 is 0 Å². The normalized spacial score (nSPS) is 10.2. The van der Waals surface area contributed by atoms with Crippen molar-refractivity contribution < 1.29 is 4.74 Å². The van der Waals surface area contributed by atoms with Crippen LogP contribution in [0.3, 0.4) is 0 Å². The molecule has 62 valence electrons. The fourth-order valence-electron chi connectivity index (χ4n) is 0.438. The molecule has 0 spiro atoms. The van der Waals surface area contributed by atoms with E-state index in [0.29, 0.717) is 0 Å². The Morgan fingerprint density at radius 2 is 1.80 bits per heavy atom. The Labute approximate surface area is 71.7 Å². The summed E-state index contributed by atoms with van der Waals surface area (Å²) < 4.78 is 5.18. The minimum absolute atomic E-state index is 0.846. The Balaban J connectivity index is 2.65. The second-order valence-electron chi connectivity index (χ2n) is 1.84. The van der Waals surface area contributed by atoms with Crippen LogP contribution >= 0.6 is 21.6 Å². The Hall–Kier alpha value is 0.660. The summed E-state index contributed by atoms with van der Waals surface area (Å²) in [6, 6.07) is 0. The van der Waals surface area contributed by atoms with Gasteiger partial charge in [0.1, 0.15) is 0 Å². The van der Waals surface area contributed by atoms with Crippen LogP contribution in [0.5, 0.6) is 0 Å². The zero-order valence-corrected chi connectivity index (χ0v) is 8.39. The van der Waals surface area contributed by atoms with Crippen LogP contribution in [0.15, 0.2) is 0 Å². The molecule has 0 amide bonds. The first-order valence-electron chi connectivity index (χ1n) is 3.74. The molecule has 10 heavy (non-hydrogen) atoms. The molecule has 0 saturated carbocycles. The van der Waals surface area contributed by atoms with Gasteiger partial charge in [0.15, 0.2) is 0 Å². The summed E-state index contributed by atoms with van der Waals surface area (Å²) in [4.78, 5) is 0. The second-order valence-corrected chi connectivity index (χ2v) is 4.54. The van der Waals surface area contributed by atoms with E-state index in [1.54, 1.807) is 0 Å². The third-order valence-electron chi connectivity index (χ3n) is 0.886. The highest BCUT2D eigenvalue weighted by atomic mass is 33.1. The van der Waals surface area contributed by atoms with E-state index in [1.165, 1.54) is 12.2 Å². The lowest BCUT2D eigenvalue weighted by Crippen LogP contribution is -1.94. The molecule has 0 atom stereocenters. The maximum atomic E-state index is 5.18. The number of hydrogen-bond donors (Lipinski definition) is 0. The van der Waals surface area contributed by atoms with Gasteiger partial charge >= 0.3 is 0 Å². The van der Waals surface area contributed by atoms with Gasteiger partial charge in [0, 0.05) is 18.1 Å². The molecular formula is C7H16OS2. The molecule has 0 unspecified atom stereocenters. The van der Waals surface area contributed by atoms with Crippen LogP contribution in [0.4, 0.5) is 0 Å². The lowest BCUT2D eigenvalue weighted by Gasteiger charge is -1.99. The van der Waals surface area contributed by atoms with E-state index in [1.807, 2.05) is 28.5 Å². The molecule has 0 N–H and O–H groups in total. The number of hydrogen-bond acceptors (Lipinski definition) is 3. The molecule has 0 rings (SSSR count). The summed E-state index contributed by atoms with van der Waals surface area (Å²) in [6.45, 7) is 5.98. The van der Waals surface area contributed by atoms with Gasteiger partial charge in [-0.25, -0.2) is 0 Å². The Morgan fingerprint density at radius 3 is 2.40 bits per heavy atom. The fraction of sp³-hybridized carbons (Fsp3) is 1.00. The van der Waals surface area contributed by atoms with Crippen LogP contribution in [0.1, 0.15) is 20.3 Å². The highest BCUT2D eigenvalue weighted by Gasteiger charge is 1.87. The van der Waals surface area contributed by atoms with E-state index in [-0.39, 0.29) is 0 Å². The van der Waals surface area contributed by atoms with Crippen molar-refractivity contribution in [1.29, 1.82) is 0 Å². The number of ether oxygens (including phenoxy) is 1. The van der Waals surface area contributed by atoms with Crippen LogP contribution in [-0.4, -0.2) is 24.7 Å². The van der Waals surface area contributed by atoms with Crippen molar-refractivity contribution in [3.8, 4) is 0 Å². The molecule has 0 aliphatic heterocycles. The quantitative estimate of drug-likeness (QED) is 0.440. The molecule has 0 aromatic heterocycles. The van der Waals surface area contributed by atoms with Crippen molar-refractivity contribution in [2.45, 2.75) is 20.3 Å². The zero-order chi connectivity index (χ0) is 7.66. The molecule has 0 fully saturated rings. The molecule has 0 aromatic rings. The lowest BCUT2D eigenvalue weighted by atomic mass is 10.6. The van der Waals surface area contributed by atoms with Crippen LogP contribution in [-0.2, 0) is 4.74 Å². The average Bonchev–Trinajstić information content (AvgIpc) is 1.97. The molecule has 0 aliphatic rings. The zero-order valence-electron chi connectivity index (χ0n) is 6.76. The number of rotatable bonds is 7. The van der Waals surface area contributed by atoms with Gasteiger partial charge < -0.3 is 4.74 Å². The van der Waals surface area contributed by atoms with Gasteiger partial charge in [0.05, 0.1) is 6.61 Å². The topological polar surface area (TPSA) is 9.23 Å². The summed E-state index contributed by atoms with van der Waals surface area (Å²) in [5.74, 6) is 2.38. The largest absolute Gasteiger partial charge is 0.381 e. The summed E-state index contributed by atoms with van der Waals surface area (Å²) in [6.07, 6.45) is 1.27. The van der Waals surface area contributed by atoms with E-state index in [4.69, 9.17) is 4.74 Å². The monoisotopic (exact) mass is 180 g/mol. The summed E-state index contributed by atoms with van der Waals surface area (Å²) in [5, 5.41) is 0. The highest BCUT2D eigenvalue weighted by molar-refractivity contribution is 8.76. The van der Waals surface area contributed by atoms with E-state index >= 15 is 0 Å². The standard InChI is InChI=1S/C7H16OS2/c1-3-6-9-10-7-5-8-4-2/h3-7H2,1-2H3. The van der Waals surface area contributed by atoms with Gasteiger partial charge in [0.25, 0.3) is 0 Å². The van der Waals surface area contributed by atoms with Gasteiger partial charge in [-0.15, -0.1) is 0 Å². The molecule has 0 bridgehead atoms. The first-order valence-corrected chi connectivity index (χ1v) is 6.22. The van der Waals surface area contributed by atoms with Crippen molar-refractivity contribution in [3.63, 3.8) is 0 Å². The van der Waals surface area contributed by atoms with Crippen LogP contribution in [0.25, 0.3) is 0 Å². The van der Waals surface area contributed by atoms with Gasteiger partial charge in [-0.3, -0.25) is 0 Å². The summed E-state index contributed by atoms with van der Waals surface area (Å²) >= 11 is 0. The predicted octanol–water partition coefficient (Wildman–Crippen LogP) is 2.81. The summed E-state index contributed by atoms with van der Waals surface area (Å²) in [7, 11) is 3.85. The van der Waals surface area contributed by atoms with Crippen molar-refractivity contribution in [1.82, 2.24) is 0 Å². The Bertz CT molecular complexity index is 51.6. The fourth-order valence-corrected chi connectivity index (χ4v) is 2.44. The first kappa shape index (κ1) is 10.7. The molecule has 3 heteroatoms. The smallest absolute Gasteiger partial charge is 0.0564 e. The Morgan fingerprint density at radius 1 is 1.10 bits per heavy atom. The maximum Gasteiger partial charge on any atom is 0.0564 e. The third kappa shape index (κ3) is 8.66. The van der Waals surface area contributed by atoms with E-state index in [9.17, 15) is 0 Å². The van der Waals surface area contributed by atoms with Crippen molar-refractivity contribution in [2.75, 3.05) is 24.7 Å². The van der Waals surface area contributed by atoms with Gasteiger partial charge in [-0.1, -0.05) is 28.5 Å². The van der Waals surface area contributed by atoms with E-state index in [0.717, 1.165) is 19.0 Å². The molecule has 1 nitrogen and oxygen atoms in total. The van der Waals surface area contributed by atoms with Gasteiger partial charge in [-0.05, 0) is 13.3 Å². The Kier molecular flexibility index (Phi) is 10.3. The third-order valence-corrected chi connectivity index (χ3v) is 3.46. The second kappa shape index (κ2) is 9.66. The van der Waals surface area contributed by atoms with Gasteiger partial charge in [0.2, 0.25) is 0 Å². The first-order chi connectivity index (χ1) is 4.91. The lowest BCUT2D eigenvalue weighted by molar-refractivity contribution is 0.165. The van der Waals surface area contributed by atoms with Crippen LogP contribution in [0.2, 0.25) is 0 Å². The molecular weight excluding hydrogens is 164 g/mol. The SMILES string of the molecule is CCCSSCCOCC.